The summed E-state index contributed by atoms with van der Waals surface area (Å²) in [7, 11) is 1.56. The van der Waals surface area contributed by atoms with E-state index in [9.17, 15) is 9.59 Å². The van der Waals surface area contributed by atoms with Crippen LogP contribution in [0.1, 0.15) is 16.7 Å². The molecule has 0 radical (unpaired) electrons. The zero-order chi connectivity index (χ0) is 19.4. The highest BCUT2D eigenvalue weighted by Crippen LogP contribution is 2.28. The van der Waals surface area contributed by atoms with Crippen molar-refractivity contribution in [3.05, 3.63) is 64.7 Å². The maximum Gasteiger partial charge on any atom is 0.263 e. The summed E-state index contributed by atoms with van der Waals surface area (Å²) in [6, 6.07) is 13.1. The number of hydrogen-bond donors (Lipinski definition) is 2. The molecule has 2 N–H and O–H groups in total. The molecule has 3 rings (SSSR count). The Morgan fingerprint density at radius 2 is 1.70 bits per heavy atom. The normalized spacial score (nSPS) is 13.7. The Balaban J connectivity index is 1.89. The SMILES string of the molecule is COc1ccc(C=C2C(=O)NC(=S)NC2=O)c(OCc2ccc(C)cc2)c1. The number of thiocarbonyl (C=S) groups is 1. The van der Waals surface area contributed by atoms with Crippen molar-refractivity contribution >= 4 is 35.2 Å². The van der Waals surface area contributed by atoms with Gasteiger partial charge in [-0.05, 0) is 42.9 Å². The van der Waals surface area contributed by atoms with E-state index >= 15 is 0 Å². The molecule has 1 aliphatic heterocycles. The number of amides is 2. The van der Waals surface area contributed by atoms with E-state index in [1.807, 2.05) is 31.2 Å². The van der Waals surface area contributed by atoms with Gasteiger partial charge in [0.05, 0.1) is 7.11 Å². The topological polar surface area (TPSA) is 76.7 Å². The maximum atomic E-state index is 12.1. The fourth-order valence-electron chi connectivity index (χ4n) is 2.49. The first-order valence-electron chi connectivity index (χ1n) is 8.21. The molecule has 0 saturated carbocycles. The van der Waals surface area contributed by atoms with E-state index < -0.39 is 11.8 Å². The highest BCUT2D eigenvalue weighted by Gasteiger charge is 2.26. The molecule has 0 aliphatic carbocycles. The monoisotopic (exact) mass is 382 g/mol. The lowest BCUT2D eigenvalue weighted by Crippen LogP contribution is -2.51. The lowest BCUT2D eigenvalue weighted by atomic mass is 10.1. The molecule has 2 aromatic carbocycles. The first-order chi connectivity index (χ1) is 13.0. The van der Waals surface area contributed by atoms with Crippen molar-refractivity contribution in [3.63, 3.8) is 0 Å². The Kier molecular flexibility index (Phi) is 5.52. The molecule has 1 fully saturated rings. The van der Waals surface area contributed by atoms with Crippen molar-refractivity contribution in [2.24, 2.45) is 0 Å². The van der Waals surface area contributed by atoms with Gasteiger partial charge in [0.2, 0.25) is 0 Å². The van der Waals surface area contributed by atoms with Crippen LogP contribution >= 0.6 is 12.2 Å². The Morgan fingerprint density at radius 3 is 2.33 bits per heavy atom. The molecule has 0 atom stereocenters. The molecule has 2 aromatic rings. The van der Waals surface area contributed by atoms with Gasteiger partial charge >= 0.3 is 0 Å². The number of rotatable bonds is 5. The van der Waals surface area contributed by atoms with Gasteiger partial charge in [-0.1, -0.05) is 29.8 Å². The number of ether oxygens (including phenoxy) is 2. The summed E-state index contributed by atoms with van der Waals surface area (Å²) in [5.41, 5.74) is 2.70. The number of carbonyl (C=O) groups excluding carboxylic acids is 2. The molecular weight excluding hydrogens is 364 g/mol. The van der Waals surface area contributed by atoms with Crippen molar-refractivity contribution in [1.82, 2.24) is 10.6 Å². The van der Waals surface area contributed by atoms with Crippen molar-refractivity contribution < 1.29 is 19.1 Å². The third-order valence-electron chi connectivity index (χ3n) is 3.98. The van der Waals surface area contributed by atoms with E-state index in [1.54, 1.807) is 25.3 Å². The number of carbonyl (C=O) groups is 2. The second-order valence-electron chi connectivity index (χ2n) is 5.97. The van der Waals surface area contributed by atoms with Gasteiger partial charge < -0.3 is 9.47 Å². The van der Waals surface area contributed by atoms with Crippen LogP contribution in [0.4, 0.5) is 0 Å². The van der Waals surface area contributed by atoms with Crippen molar-refractivity contribution in [2.75, 3.05) is 7.11 Å². The van der Waals surface area contributed by atoms with Gasteiger partial charge in [0.25, 0.3) is 11.8 Å². The molecule has 6 nitrogen and oxygen atoms in total. The summed E-state index contributed by atoms with van der Waals surface area (Å²) >= 11 is 4.81. The van der Waals surface area contributed by atoms with Gasteiger partial charge in [-0.2, -0.15) is 0 Å². The Bertz CT molecular complexity index is 913. The zero-order valence-electron chi connectivity index (χ0n) is 14.9. The zero-order valence-corrected chi connectivity index (χ0v) is 15.7. The van der Waals surface area contributed by atoms with Crippen molar-refractivity contribution in [2.45, 2.75) is 13.5 Å². The first kappa shape index (κ1) is 18.6. The van der Waals surface area contributed by atoms with Crippen LogP contribution in [0, 0.1) is 6.92 Å². The minimum absolute atomic E-state index is 0.00674. The molecule has 0 aromatic heterocycles. The largest absolute Gasteiger partial charge is 0.497 e. The Hall–Kier alpha value is -3.19. The van der Waals surface area contributed by atoms with Crippen LogP contribution in [-0.2, 0) is 16.2 Å². The Labute approximate surface area is 162 Å². The highest BCUT2D eigenvalue weighted by molar-refractivity contribution is 7.80. The van der Waals surface area contributed by atoms with E-state index in [1.165, 1.54) is 6.08 Å². The molecule has 138 valence electrons. The number of aryl methyl sites for hydroxylation is 1. The van der Waals surface area contributed by atoms with E-state index in [4.69, 9.17) is 21.7 Å². The van der Waals surface area contributed by atoms with Gasteiger partial charge in [-0.3, -0.25) is 20.2 Å². The first-order valence-corrected chi connectivity index (χ1v) is 8.62. The highest BCUT2D eigenvalue weighted by atomic mass is 32.1. The van der Waals surface area contributed by atoms with Gasteiger partial charge in [-0.25, -0.2) is 0 Å². The fraction of sp³-hybridized carbons (Fsp3) is 0.150. The molecule has 1 heterocycles. The molecule has 1 aliphatic rings. The van der Waals surface area contributed by atoms with Crippen LogP contribution in [0.5, 0.6) is 11.5 Å². The lowest BCUT2D eigenvalue weighted by Gasteiger charge is -2.17. The van der Waals surface area contributed by atoms with Gasteiger partial charge in [0, 0.05) is 11.6 Å². The third-order valence-corrected chi connectivity index (χ3v) is 4.18. The van der Waals surface area contributed by atoms with Crippen LogP contribution in [0.2, 0.25) is 0 Å². The quantitative estimate of drug-likeness (QED) is 0.472. The van der Waals surface area contributed by atoms with Crippen LogP contribution in [0.15, 0.2) is 48.0 Å². The van der Waals surface area contributed by atoms with Crippen LogP contribution in [0.25, 0.3) is 6.08 Å². The summed E-state index contributed by atoms with van der Waals surface area (Å²) in [4.78, 5) is 24.1. The number of methoxy groups -OCH3 is 1. The summed E-state index contributed by atoms with van der Waals surface area (Å²) in [5, 5.41) is 4.82. The Morgan fingerprint density at radius 1 is 1.04 bits per heavy atom. The fourth-order valence-corrected chi connectivity index (χ4v) is 2.68. The number of hydrogen-bond acceptors (Lipinski definition) is 5. The minimum atomic E-state index is -0.552. The second kappa shape index (κ2) is 8.01. The molecule has 2 amide bonds. The van der Waals surface area contributed by atoms with E-state index in [2.05, 4.69) is 10.6 Å². The average Bonchev–Trinajstić information content (AvgIpc) is 2.64. The van der Waals surface area contributed by atoms with Gasteiger partial charge in [0.1, 0.15) is 23.7 Å². The predicted molar refractivity (Wildman–Crippen MR) is 105 cm³/mol. The van der Waals surface area contributed by atoms with Crippen LogP contribution in [0.3, 0.4) is 0 Å². The third kappa shape index (κ3) is 4.51. The second-order valence-corrected chi connectivity index (χ2v) is 6.38. The molecular formula is C20H18N2O4S. The van der Waals surface area contributed by atoms with E-state index in [0.29, 0.717) is 23.7 Å². The molecule has 1 saturated heterocycles. The minimum Gasteiger partial charge on any atom is -0.497 e. The van der Waals surface area contributed by atoms with Crippen LogP contribution < -0.4 is 20.1 Å². The predicted octanol–water partition coefficient (Wildman–Crippen LogP) is 2.50. The molecule has 27 heavy (non-hydrogen) atoms. The standard InChI is InChI=1S/C20H18N2O4S/c1-12-3-5-13(6-4-12)11-26-17-10-15(25-2)8-7-14(17)9-16-18(23)21-20(27)22-19(16)24/h3-10H,11H2,1-2H3,(H2,21,22,23,24,27). The number of nitrogens with one attached hydrogen (secondary N) is 2. The summed E-state index contributed by atoms with van der Waals surface area (Å²) < 4.78 is 11.2. The molecule has 0 bridgehead atoms. The summed E-state index contributed by atoms with van der Waals surface area (Å²) in [6.07, 6.45) is 1.47. The maximum absolute atomic E-state index is 12.1. The smallest absolute Gasteiger partial charge is 0.263 e. The van der Waals surface area contributed by atoms with Gasteiger partial charge in [-0.15, -0.1) is 0 Å². The van der Waals surface area contributed by atoms with E-state index in [-0.39, 0.29) is 10.7 Å². The van der Waals surface area contributed by atoms with E-state index in [0.717, 1.165) is 11.1 Å². The summed E-state index contributed by atoms with van der Waals surface area (Å²) in [5.74, 6) is -0.000869. The lowest BCUT2D eigenvalue weighted by molar-refractivity contribution is -0.123. The summed E-state index contributed by atoms with van der Waals surface area (Å²) in [6.45, 7) is 2.36. The van der Waals surface area contributed by atoms with Crippen molar-refractivity contribution in [3.8, 4) is 11.5 Å². The average molecular weight is 382 g/mol. The molecule has 7 heteroatoms. The van der Waals surface area contributed by atoms with Gasteiger partial charge in [0.15, 0.2) is 5.11 Å². The molecule has 0 spiro atoms. The van der Waals surface area contributed by atoms with Crippen LogP contribution in [-0.4, -0.2) is 24.0 Å². The number of benzene rings is 2. The molecule has 0 unspecified atom stereocenters. The van der Waals surface area contributed by atoms with Crippen molar-refractivity contribution in [1.29, 1.82) is 0 Å².